The third kappa shape index (κ3) is 2.96. The molecule has 3 rings (SSSR count). The number of amides is 2. The van der Waals surface area contributed by atoms with Crippen molar-refractivity contribution in [2.75, 3.05) is 45.2 Å². The predicted octanol–water partition coefficient (Wildman–Crippen LogP) is 0.683. The molecule has 0 saturated carbocycles. The minimum atomic E-state index is -0.375. The van der Waals surface area contributed by atoms with Gasteiger partial charge < -0.3 is 14.7 Å². The fourth-order valence-electron chi connectivity index (χ4n) is 2.72. The van der Waals surface area contributed by atoms with Gasteiger partial charge in [-0.1, -0.05) is 11.8 Å². The van der Waals surface area contributed by atoms with Crippen LogP contribution in [0.1, 0.15) is 6.42 Å². The normalized spacial score (nSPS) is 22.6. The van der Waals surface area contributed by atoms with E-state index in [-0.39, 0.29) is 23.5 Å². The molecule has 22 heavy (non-hydrogen) atoms. The van der Waals surface area contributed by atoms with Crippen molar-refractivity contribution in [1.29, 1.82) is 0 Å². The maximum absolute atomic E-state index is 12.5. The zero-order valence-electron chi connectivity index (χ0n) is 12.9. The van der Waals surface area contributed by atoms with Crippen LogP contribution >= 0.6 is 11.8 Å². The first kappa shape index (κ1) is 15.3. The number of piperazine rings is 1. The average molecular weight is 320 g/mol. The summed E-state index contributed by atoms with van der Waals surface area (Å²) in [5.41, 5.74) is 0.820. The summed E-state index contributed by atoms with van der Waals surface area (Å²) in [7, 11) is 3.80. The summed E-state index contributed by atoms with van der Waals surface area (Å²) < 4.78 is 0. The lowest BCUT2D eigenvalue weighted by atomic mass is 10.2. The highest BCUT2D eigenvalue weighted by Gasteiger charge is 2.35. The molecule has 118 valence electrons. The van der Waals surface area contributed by atoms with Crippen molar-refractivity contribution in [2.45, 2.75) is 16.7 Å². The van der Waals surface area contributed by atoms with E-state index in [2.05, 4.69) is 16.9 Å². The highest BCUT2D eigenvalue weighted by Crippen LogP contribution is 2.38. The Morgan fingerprint density at radius 2 is 2.05 bits per heavy atom. The largest absolute Gasteiger partial charge is 0.340 e. The van der Waals surface area contributed by atoms with Gasteiger partial charge in [-0.3, -0.25) is 9.59 Å². The molecule has 2 aliphatic heterocycles. The fourth-order valence-corrected chi connectivity index (χ4v) is 3.92. The van der Waals surface area contributed by atoms with Crippen LogP contribution in [-0.4, -0.2) is 72.1 Å². The van der Waals surface area contributed by atoms with Crippen LogP contribution in [0.25, 0.3) is 0 Å². The molecule has 1 aromatic rings. The van der Waals surface area contributed by atoms with Gasteiger partial charge in [0, 0.05) is 45.8 Å². The second kappa shape index (κ2) is 6.26. The molecule has 3 heterocycles. The van der Waals surface area contributed by atoms with Crippen LogP contribution in [0.2, 0.25) is 0 Å². The van der Waals surface area contributed by atoms with Gasteiger partial charge in [-0.25, -0.2) is 4.98 Å². The van der Waals surface area contributed by atoms with Crippen LogP contribution in [-0.2, 0) is 9.59 Å². The molecule has 0 radical (unpaired) electrons. The lowest BCUT2D eigenvalue weighted by molar-refractivity contribution is -0.134. The first-order valence-corrected chi connectivity index (χ1v) is 8.30. The Labute approximate surface area is 134 Å². The average Bonchev–Trinajstić information content (AvgIpc) is 2.53. The first-order chi connectivity index (χ1) is 10.6. The van der Waals surface area contributed by atoms with Crippen molar-refractivity contribution in [3.63, 3.8) is 0 Å². The summed E-state index contributed by atoms with van der Waals surface area (Å²) in [6, 6.07) is 3.70. The second-order valence-electron chi connectivity index (χ2n) is 5.72. The molecule has 1 atom stereocenters. The summed E-state index contributed by atoms with van der Waals surface area (Å²) in [5.74, 6) is 0.0414. The van der Waals surface area contributed by atoms with E-state index in [0.717, 1.165) is 36.9 Å². The molecule has 0 unspecified atom stereocenters. The highest BCUT2D eigenvalue weighted by molar-refractivity contribution is 8.00. The van der Waals surface area contributed by atoms with E-state index < -0.39 is 0 Å². The molecule has 0 aromatic carbocycles. The number of thioether (sulfide) groups is 1. The van der Waals surface area contributed by atoms with Crippen molar-refractivity contribution in [3.05, 3.63) is 18.3 Å². The van der Waals surface area contributed by atoms with Gasteiger partial charge in [0.1, 0.15) is 5.03 Å². The Kier molecular flexibility index (Phi) is 4.35. The Balaban J connectivity index is 1.68. The van der Waals surface area contributed by atoms with Gasteiger partial charge in [0.25, 0.3) is 0 Å². The number of fused-ring (bicyclic) bond motifs is 1. The predicted molar refractivity (Wildman–Crippen MR) is 86.0 cm³/mol. The second-order valence-corrected chi connectivity index (χ2v) is 6.91. The van der Waals surface area contributed by atoms with Crippen LogP contribution in [0.3, 0.4) is 0 Å². The number of hydrogen-bond acceptors (Lipinski definition) is 5. The molecule has 0 N–H and O–H groups in total. The van der Waals surface area contributed by atoms with Gasteiger partial charge in [-0.05, 0) is 19.2 Å². The molecule has 2 aliphatic rings. The van der Waals surface area contributed by atoms with Gasteiger partial charge in [0.05, 0.1) is 10.9 Å². The lowest BCUT2D eigenvalue weighted by Crippen LogP contribution is -2.49. The number of likely N-dealkylation sites (N-methyl/N-ethyl adjacent to an activating group) is 1. The molecule has 6 nitrogen and oxygen atoms in total. The molecule has 0 spiro atoms. The van der Waals surface area contributed by atoms with Gasteiger partial charge in [-0.15, -0.1) is 0 Å². The molecule has 0 aliphatic carbocycles. The van der Waals surface area contributed by atoms with Crippen LogP contribution in [0.5, 0.6) is 0 Å². The van der Waals surface area contributed by atoms with E-state index in [4.69, 9.17) is 0 Å². The molecular formula is C15H20N4O2S. The smallest absolute Gasteiger partial charge is 0.240 e. The molecule has 7 heteroatoms. The fraction of sp³-hybridized carbons (Fsp3) is 0.533. The Morgan fingerprint density at radius 1 is 1.32 bits per heavy atom. The van der Waals surface area contributed by atoms with E-state index in [1.807, 2.05) is 17.0 Å². The summed E-state index contributed by atoms with van der Waals surface area (Å²) >= 11 is 1.40. The number of carbonyl (C=O) groups excluding carboxylic acids is 2. The number of rotatable bonds is 2. The van der Waals surface area contributed by atoms with Gasteiger partial charge in [0.2, 0.25) is 11.8 Å². The van der Waals surface area contributed by atoms with E-state index in [1.54, 1.807) is 18.1 Å². The summed E-state index contributed by atoms with van der Waals surface area (Å²) in [6.45, 7) is 3.26. The van der Waals surface area contributed by atoms with E-state index in [9.17, 15) is 9.59 Å². The Hall–Kier alpha value is -1.60. The SMILES string of the molecule is CN1CCN(C(=O)C[C@H]2Sc3ncccc3N(C)C2=O)CC1. The van der Waals surface area contributed by atoms with E-state index >= 15 is 0 Å². The third-order valence-corrected chi connectivity index (χ3v) is 5.38. The van der Waals surface area contributed by atoms with Gasteiger partial charge in [-0.2, -0.15) is 0 Å². The van der Waals surface area contributed by atoms with Crippen LogP contribution < -0.4 is 4.90 Å². The standard InChI is InChI=1S/C15H20N4O2S/c1-17-6-8-19(9-7-17)13(20)10-12-15(21)18(2)11-4-3-5-16-14(11)22-12/h3-5,12H,6-10H2,1-2H3/t12-/m1/s1. The quantitative estimate of drug-likeness (QED) is 0.802. The molecule has 1 saturated heterocycles. The number of hydrogen-bond donors (Lipinski definition) is 0. The van der Waals surface area contributed by atoms with Crippen LogP contribution in [0.4, 0.5) is 5.69 Å². The minimum absolute atomic E-state index is 0.0204. The monoisotopic (exact) mass is 320 g/mol. The summed E-state index contributed by atoms with van der Waals surface area (Å²) in [6.07, 6.45) is 1.96. The maximum Gasteiger partial charge on any atom is 0.240 e. The lowest BCUT2D eigenvalue weighted by Gasteiger charge is -2.34. The topological polar surface area (TPSA) is 56.8 Å². The maximum atomic E-state index is 12.5. The molecule has 0 bridgehead atoms. The summed E-state index contributed by atoms with van der Waals surface area (Å²) in [4.78, 5) is 34.9. The van der Waals surface area contributed by atoms with Gasteiger partial charge >= 0.3 is 0 Å². The Morgan fingerprint density at radius 3 is 2.77 bits per heavy atom. The minimum Gasteiger partial charge on any atom is -0.340 e. The van der Waals surface area contributed by atoms with Crippen molar-refractivity contribution in [2.24, 2.45) is 0 Å². The third-order valence-electron chi connectivity index (χ3n) is 4.19. The van der Waals surface area contributed by atoms with Crippen molar-refractivity contribution < 1.29 is 9.59 Å². The van der Waals surface area contributed by atoms with Gasteiger partial charge in [0.15, 0.2) is 0 Å². The highest BCUT2D eigenvalue weighted by atomic mass is 32.2. The number of nitrogens with zero attached hydrogens (tertiary/aromatic N) is 4. The van der Waals surface area contributed by atoms with Crippen LogP contribution in [0.15, 0.2) is 23.4 Å². The van der Waals surface area contributed by atoms with Crippen molar-refractivity contribution in [3.8, 4) is 0 Å². The Bertz CT molecular complexity index is 587. The van der Waals surface area contributed by atoms with Crippen molar-refractivity contribution in [1.82, 2.24) is 14.8 Å². The number of carbonyl (C=O) groups is 2. The molecule has 1 fully saturated rings. The molecule has 1 aromatic heterocycles. The zero-order valence-corrected chi connectivity index (χ0v) is 13.7. The number of anilines is 1. The van der Waals surface area contributed by atoms with Crippen LogP contribution in [0, 0.1) is 0 Å². The first-order valence-electron chi connectivity index (χ1n) is 7.42. The van der Waals surface area contributed by atoms with E-state index in [1.165, 1.54) is 11.8 Å². The van der Waals surface area contributed by atoms with E-state index in [0.29, 0.717) is 0 Å². The molecular weight excluding hydrogens is 300 g/mol. The summed E-state index contributed by atoms with van der Waals surface area (Å²) in [5, 5.41) is 0.445. The zero-order chi connectivity index (χ0) is 15.7. The van der Waals surface area contributed by atoms with Crippen molar-refractivity contribution >= 4 is 29.3 Å². The molecule has 2 amide bonds. The number of pyridine rings is 1. The number of aromatic nitrogens is 1.